The third-order valence-electron chi connectivity index (χ3n) is 8.34. The zero-order chi connectivity index (χ0) is 32.6. The number of fused-ring (bicyclic) bond motifs is 6. The van der Waals surface area contributed by atoms with Gasteiger partial charge in [-0.05, 0) is 66.1 Å². The Balaban J connectivity index is 0.000000164. The minimum atomic E-state index is -3.68. The van der Waals surface area contributed by atoms with Crippen molar-refractivity contribution >= 4 is 37.9 Å². The fraction of sp³-hybridized carbons (Fsp3) is 0.324. The van der Waals surface area contributed by atoms with Gasteiger partial charge in [-0.1, -0.05) is 20.8 Å². The highest BCUT2D eigenvalue weighted by Crippen LogP contribution is 2.46. The van der Waals surface area contributed by atoms with E-state index in [2.05, 4.69) is 31.1 Å². The van der Waals surface area contributed by atoms with Gasteiger partial charge < -0.3 is 29.6 Å². The summed E-state index contributed by atoms with van der Waals surface area (Å²) < 4.78 is 44.0. The van der Waals surface area contributed by atoms with Gasteiger partial charge in [0.25, 0.3) is 10.0 Å². The number of nitrogens with one attached hydrogen (secondary N) is 2. The standard InChI is InChI=1S/C18H18N2O4S.C16H20N2O3/c1-23-13-2-4-14(5-3-13)25(21,22)20-10-8-15-16-12-19-9-11-24-18(16)7-6-17(15)20;1-16(2,3)14-13-10-6-7-17-11(10)4-5-12(13)21-9-8-18(14)15(19)20/h2-8,10,19H,9,11-12H2,1H3;4-7,14,17H,8-9H2,1-3H3,(H,19,20). The lowest BCUT2D eigenvalue weighted by Gasteiger charge is -2.37. The van der Waals surface area contributed by atoms with Crippen molar-refractivity contribution in [1.29, 1.82) is 0 Å². The maximum atomic E-state index is 13.0. The van der Waals surface area contributed by atoms with Crippen LogP contribution in [0, 0.1) is 5.41 Å². The first kappa shape index (κ1) is 31.3. The SMILES string of the molecule is CC(C)(C)C1c2c(ccc3[nH]ccc23)OCCN1C(=O)O.COc1ccc(S(=O)(=O)n2ccc3c4c(ccc32)OCCNC4)cc1. The molecule has 2 aromatic heterocycles. The molecule has 2 aliphatic rings. The zero-order valence-electron chi connectivity index (χ0n) is 26.2. The molecule has 0 aliphatic carbocycles. The number of carboxylic acid groups (broad SMARTS) is 1. The molecule has 1 amide bonds. The number of aromatic amines is 1. The lowest BCUT2D eigenvalue weighted by atomic mass is 9.80. The number of amides is 1. The van der Waals surface area contributed by atoms with Gasteiger partial charge in [0.15, 0.2) is 0 Å². The van der Waals surface area contributed by atoms with Gasteiger partial charge in [0.1, 0.15) is 30.5 Å². The van der Waals surface area contributed by atoms with Crippen LogP contribution in [-0.2, 0) is 16.6 Å². The summed E-state index contributed by atoms with van der Waals surface area (Å²) in [5.74, 6) is 2.20. The van der Waals surface area contributed by atoms with Gasteiger partial charge >= 0.3 is 6.09 Å². The number of carbonyl (C=O) groups is 1. The fourth-order valence-corrected chi connectivity index (χ4v) is 7.60. The summed E-state index contributed by atoms with van der Waals surface area (Å²) >= 11 is 0. The summed E-state index contributed by atoms with van der Waals surface area (Å²) in [5, 5.41) is 14.8. The van der Waals surface area contributed by atoms with E-state index in [1.165, 1.54) is 8.87 Å². The molecule has 242 valence electrons. The summed E-state index contributed by atoms with van der Waals surface area (Å²) in [6.45, 7) is 8.96. The van der Waals surface area contributed by atoms with Gasteiger partial charge in [0.05, 0.1) is 30.1 Å². The molecule has 0 fully saturated rings. The van der Waals surface area contributed by atoms with Crippen molar-refractivity contribution in [3.05, 3.63) is 84.2 Å². The Morgan fingerprint density at radius 3 is 2.41 bits per heavy atom. The lowest BCUT2D eigenvalue weighted by molar-refractivity contribution is 0.0817. The van der Waals surface area contributed by atoms with Crippen molar-refractivity contribution in [1.82, 2.24) is 19.2 Å². The molecule has 0 spiro atoms. The molecule has 0 bridgehead atoms. The van der Waals surface area contributed by atoms with E-state index in [-0.39, 0.29) is 16.4 Å². The first-order valence-electron chi connectivity index (χ1n) is 15.1. The maximum absolute atomic E-state index is 13.0. The van der Waals surface area contributed by atoms with Crippen molar-refractivity contribution in [2.45, 2.75) is 38.3 Å². The summed E-state index contributed by atoms with van der Waals surface area (Å²) in [7, 11) is -2.14. The van der Waals surface area contributed by atoms with Gasteiger partial charge in [0, 0.05) is 52.9 Å². The molecule has 12 heteroatoms. The largest absolute Gasteiger partial charge is 0.497 e. The zero-order valence-corrected chi connectivity index (χ0v) is 27.1. The van der Waals surface area contributed by atoms with Crippen LogP contribution in [0.5, 0.6) is 17.2 Å². The second-order valence-electron chi connectivity index (χ2n) is 12.3. The number of hydrogen-bond acceptors (Lipinski definition) is 7. The van der Waals surface area contributed by atoms with E-state index in [9.17, 15) is 18.3 Å². The molecule has 2 aliphatic heterocycles. The van der Waals surface area contributed by atoms with E-state index >= 15 is 0 Å². The van der Waals surface area contributed by atoms with Crippen LogP contribution >= 0.6 is 0 Å². The van der Waals surface area contributed by atoms with Crippen molar-refractivity contribution in [2.75, 3.05) is 33.4 Å². The van der Waals surface area contributed by atoms with Crippen LogP contribution in [-0.4, -0.2) is 66.9 Å². The number of rotatable bonds is 3. The smallest absolute Gasteiger partial charge is 0.407 e. The molecular weight excluding hydrogens is 608 g/mol. The minimum Gasteiger partial charge on any atom is -0.497 e. The maximum Gasteiger partial charge on any atom is 0.407 e. The predicted molar refractivity (Wildman–Crippen MR) is 175 cm³/mol. The van der Waals surface area contributed by atoms with Crippen molar-refractivity contribution in [3.63, 3.8) is 0 Å². The molecule has 0 saturated carbocycles. The quantitative estimate of drug-likeness (QED) is 0.217. The molecule has 3 N–H and O–H groups in total. The summed E-state index contributed by atoms with van der Waals surface area (Å²) in [6.07, 6.45) is 2.56. The van der Waals surface area contributed by atoms with Crippen LogP contribution in [0.3, 0.4) is 0 Å². The first-order valence-corrected chi connectivity index (χ1v) is 16.5. The molecular formula is C34H38N4O7S. The Kier molecular flexibility index (Phi) is 8.34. The number of H-pyrrole nitrogens is 1. The monoisotopic (exact) mass is 646 g/mol. The van der Waals surface area contributed by atoms with Gasteiger partial charge in [-0.15, -0.1) is 0 Å². The van der Waals surface area contributed by atoms with Crippen LogP contribution in [0.4, 0.5) is 4.79 Å². The van der Waals surface area contributed by atoms with Crippen LogP contribution in [0.2, 0.25) is 0 Å². The number of hydrogen-bond donors (Lipinski definition) is 3. The van der Waals surface area contributed by atoms with Crippen LogP contribution in [0.15, 0.2) is 78.0 Å². The average Bonchev–Trinajstić information content (AvgIpc) is 3.56. The summed E-state index contributed by atoms with van der Waals surface area (Å²) in [5.41, 5.74) is 3.35. The highest BCUT2D eigenvalue weighted by molar-refractivity contribution is 7.90. The molecule has 5 aromatic rings. The van der Waals surface area contributed by atoms with E-state index < -0.39 is 16.1 Å². The molecule has 4 heterocycles. The van der Waals surface area contributed by atoms with Crippen molar-refractivity contribution < 1.29 is 32.5 Å². The molecule has 1 atom stereocenters. The van der Waals surface area contributed by atoms with Gasteiger partial charge in [-0.25, -0.2) is 17.2 Å². The number of methoxy groups -OCH3 is 1. The number of aromatic nitrogens is 2. The van der Waals surface area contributed by atoms with Crippen molar-refractivity contribution in [2.24, 2.45) is 5.41 Å². The van der Waals surface area contributed by atoms with Crippen molar-refractivity contribution in [3.8, 4) is 17.2 Å². The van der Waals surface area contributed by atoms with Crippen LogP contribution in [0.25, 0.3) is 21.8 Å². The predicted octanol–water partition coefficient (Wildman–Crippen LogP) is 6.00. The second-order valence-corrected chi connectivity index (χ2v) is 14.1. The molecule has 7 rings (SSSR count). The lowest BCUT2D eigenvalue weighted by Crippen LogP contribution is -2.41. The second kappa shape index (κ2) is 12.3. The topological polar surface area (TPSA) is 135 Å². The Hall–Kier alpha value is -4.68. The minimum absolute atomic E-state index is 0.218. The Labute approximate surface area is 267 Å². The first-order chi connectivity index (χ1) is 22.0. The number of nitrogens with zero attached hydrogens (tertiary/aromatic N) is 2. The van der Waals surface area contributed by atoms with E-state index in [1.807, 2.05) is 36.5 Å². The fourth-order valence-electron chi connectivity index (χ4n) is 6.26. The summed E-state index contributed by atoms with van der Waals surface area (Å²) in [4.78, 5) is 16.6. The van der Waals surface area contributed by atoms with Gasteiger partial charge in [-0.3, -0.25) is 4.90 Å². The van der Waals surface area contributed by atoms with E-state index in [0.29, 0.717) is 37.6 Å². The molecule has 3 aromatic carbocycles. The molecule has 46 heavy (non-hydrogen) atoms. The van der Waals surface area contributed by atoms with Crippen LogP contribution in [0.1, 0.15) is 37.9 Å². The third-order valence-corrected chi connectivity index (χ3v) is 10.0. The number of benzene rings is 3. The van der Waals surface area contributed by atoms with E-state index in [1.54, 1.807) is 43.6 Å². The van der Waals surface area contributed by atoms with Gasteiger partial charge in [0.2, 0.25) is 0 Å². The third kappa shape index (κ3) is 5.74. The normalized spacial score (nSPS) is 16.6. The molecule has 0 radical (unpaired) electrons. The average molecular weight is 647 g/mol. The Morgan fingerprint density at radius 1 is 0.957 bits per heavy atom. The molecule has 0 saturated heterocycles. The number of ether oxygens (including phenoxy) is 3. The highest BCUT2D eigenvalue weighted by atomic mass is 32.2. The molecule has 11 nitrogen and oxygen atoms in total. The summed E-state index contributed by atoms with van der Waals surface area (Å²) in [6, 6.07) is 17.5. The van der Waals surface area contributed by atoms with Gasteiger partial charge in [-0.2, -0.15) is 0 Å². The highest BCUT2D eigenvalue weighted by Gasteiger charge is 2.39. The van der Waals surface area contributed by atoms with E-state index in [0.717, 1.165) is 45.5 Å². The van der Waals surface area contributed by atoms with Crippen LogP contribution < -0.4 is 19.5 Å². The Morgan fingerprint density at radius 2 is 1.70 bits per heavy atom. The molecule has 1 unspecified atom stereocenters. The van der Waals surface area contributed by atoms with E-state index in [4.69, 9.17) is 14.2 Å². The Bertz CT molecular complexity index is 1990.